The van der Waals surface area contributed by atoms with Crippen LogP contribution in [0.25, 0.3) is 0 Å². The number of benzene rings is 1. The summed E-state index contributed by atoms with van der Waals surface area (Å²) in [5.41, 5.74) is 2.48. The van der Waals surface area contributed by atoms with Crippen LogP contribution in [-0.2, 0) is 11.3 Å². The molecule has 0 saturated carbocycles. The maximum absolute atomic E-state index is 11.8. The summed E-state index contributed by atoms with van der Waals surface area (Å²) in [6.07, 6.45) is 0. The molecule has 2 rings (SSSR count). The van der Waals surface area contributed by atoms with E-state index in [1.54, 1.807) is 23.1 Å². The third-order valence-electron chi connectivity index (χ3n) is 2.81. The molecule has 0 aliphatic carbocycles. The van der Waals surface area contributed by atoms with E-state index < -0.39 is 0 Å². The molecule has 1 aromatic carbocycles. The summed E-state index contributed by atoms with van der Waals surface area (Å²) in [7, 11) is 0. The van der Waals surface area contributed by atoms with Crippen LogP contribution in [0, 0.1) is 13.8 Å². The zero-order valence-corrected chi connectivity index (χ0v) is 12.7. The van der Waals surface area contributed by atoms with Gasteiger partial charge in [-0.1, -0.05) is 17.7 Å². The first-order valence-corrected chi connectivity index (χ1v) is 8.01. The zero-order chi connectivity index (χ0) is 13.7. The fraction of sp³-hybridized carbons (Fsp3) is 0.267. The standard InChI is InChI=1S/C15H17NOS2/c1-11-3-5-13(6-4-11)19-10-15(17)16-9-14-12(2)7-8-18-14/h3-8H,9-10H2,1-2H3,(H,16,17). The van der Waals surface area contributed by atoms with E-state index in [0.29, 0.717) is 12.3 Å². The Kier molecular flexibility index (Phi) is 5.05. The normalized spacial score (nSPS) is 10.4. The predicted molar refractivity (Wildman–Crippen MR) is 82.8 cm³/mol. The summed E-state index contributed by atoms with van der Waals surface area (Å²) in [6.45, 7) is 4.76. The van der Waals surface area contributed by atoms with Gasteiger partial charge in [0.25, 0.3) is 0 Å². The van der Waals surface area contributed by atoms with Crippen molar-refractivity contribution >= 4 is 29.0 Å². The topological polar surface area (TPSA) is 29.1 Å². The molecule has 0 fully saturated rings. The lowest BCUT2D eigenvalue weighted by Gasteiger charge is -2.05. The van der Waals surface area contributed by atoms with Gasteiger partial charge in [-0.3, -0.25) is 4.79 Å². The van der Waals surface area contributed by atoms with Gasteiger partial charge in [-0.2, -0.15) is 0 Å². The van der Waals surface area contributed by atoms with E-state index in [0.717, 1.165) is 4.90 Å². The smallest absolute Gasteiger partial charge is 0.230 e. The van der Waals surface area contributed by atoms with Crippen molar-refractivity contribution in [3.05, 3.63) is 51.7 Å². The van der Waals surface area contributed by atoms with Gasteiger partial charge >= 0.3 is 0 Å². The molecule has 19 heavy (non-hydrogen) atoms. The highest BCUT2D eigenvalue weighted by Gasteiger charge is 2.05. The molecule has 4 heteroatoms. The van der Waals surface area contributed by atoms with Gasteiger partial charge in [0.2, 0.25) is 5.91 Å². The third kappa shape index (κ3) is 4.40. The lowest BCUT2D eigenvalue weighted by molar-refractivity contribution is -0.118. The molecule has 100 valence electrons. The summed E-state index contributed by atoms with van der Waals surface area (Å²) < 4.78 is 0. The summed E-state index contributed by atoms with van der Waals surface area (Å²) in [5.74, 6) is 0.548. The van der Waals surface area contributed by atoms with Crippen molar-refractivity contribution in [2.75, 3.05) is 5.75 Å². The molecule has 2 nitrogen and oxygen atoms in total. The first-order chi connectivity index (χ1) is 9.15. The maximum atomic E-state index is 11.8. The quantitative estimate of drug-likeness (QED) is 0.850. The highest BCUT2D eigenvalue weighted by atomic mass is 32.2. The fourth-order valence-electron chi connectivity index (χ4n) is 1.60. The summed E-state index contributed by atoms with van der Waals surface area (Å²) in [5, 5.41) is 5.01. The number of hydrogen-bond acceptors (Lipinski definition) is 3. The van der Waals surface area contributed by atoms with Crippen molar-refractivity contribution in [2.24, 2.45) is 0 Å². The summed E-state index contributed by atoms with van der Waals surface area (Å²) in [6, 6.07) is 10.3. The Bertz CT molecular complexity index is 546. The average molecular weight is 291 g/mol. The van der Waals surface area contributed by atoms with Crippen molar-refractivity contribution in [3.63, 3.8) is 0 Å². The Labute approximate surface area is 122 Å². The maximum Gasteiger partial charge on any atom is 0.230 e. The molecule has 0 atom stereocenters. The molecule has 1 amide bonds. The highest BCUT2D eigenvalue weighted by molar-refractivity contribution is 8.00. The van der Waals surface area contributed by atoms with Gasteiger partial charge in [0.15, 0.2) is 0 Å². The fourth-order valence-corrected chi connectivity index (χ4v) is 3.17. The third-order valence-corrected chi connectivity index (χ3v) is 4.84. The van der Waals surface area contributed by atoms with Crippen LogP contribution >= 0.6 is 23.1 Å². The SMILES string of the molecule is Cc1ccc(SCC(=O)NCc2sccc2C)cc1. The first-order valence-electron chi connectivity index (χ1n) is 6.14. The van der Waals surface area contributed by atoms with Crippen LogP contribution in [0.1, 0.15) is 16.0 Å². The summed E-state index contributed by atoms with van der Waals surface area (Å²) in [4.78, 5) is 14.1. The number of amides is 1. The van der Waals surface area contributed by atoms with E-state index in [2.05, 4.69) is 54.9 Å². The van der Waals surface area contributed by atoms with Crippen molar-refractivity contribution in [1.29, 1.82) is 0 Å². The molecule has 0 unspecified atom stereocenters. The van der Waals surface area contributed by atoms with Crippen molar-refractivity contribution in [2.45, 2.75) is 25.3 Å². The highest BCUT2D eigenvalue weighted by Crippen LogP contribution is 2.18. The van der Waals surface area contributed by atoms with Gasteiger partial charge in [0.05, 0.1) is 12.3 Å². The molecule has 1 aromatic heterocycles. The van der Waals surface area contributed by atoms with Crippen LogP contribution in [0.3, 0.4) is 0 Å². The summed E-state index contributed by atoms with van der Waals surface area (Å²) >= 11 is 3.26. The van der Waals surface area contributed by atoms with E-state index >= 15 is 0 Å². The van der Waals surface area contributed by atoms with Crippen LogP contribution in [0.4, 0.5) is 0 Å². The van der Waals surface area contributed by atoms with Crippen LogP contribution in [-0.4, -0.2) is 11.7 Å². The molecule has 2 aromatic rings. The molecular weight excluding hydrogens is 274 g/mol. The van der Waals surface area contributed by atoms with E-state index in [4.69, 9.17) is 0 Å². The minimum atomic E-state index is 0.0818. The number of thiophene rings is 1. The second-order valence-corrected chi connectivity index (χ2v) is 6.45. The molecule has 0 spiro atoms. The molecule has 0 bridgehead atoms. The minimum Gasteiger partial charge on any atom is -0.350 e. The van der Waals surface area contributed by atoms with E-state index in [-0.39, 0.29) is 5.91 Å². The van der Waals surface area contributed by atoms with Gasteiger partial charge in [-0.05, 0) is 43.0 Å². The van der Waals surface area contributed by atoms with Gasteiger partial charge in [-0.15, -0.1) is 23.1 Å². The lowest BCUT2D eigenvalue weighted by Crippen LogP contribution is -2.24. The minimum absolute atomic E-state index is 0.0818. The van der Waals surface area contributed by atoms with Crippen LogP contribution in [0.15, 0.2) is 40.6 Å². The van der Waals surface area contributed by atoms with E-state index in [1.165, 1.54) is 16.0 Å². The van der Waals surface area contributed by atoms with Crippen molar-refractivity contribution in [3.8, 4) is 0 Å². The predicted octanol–water partition coefficient (Wildman–Crippen LogP) is 3.77. The zero-order valence-electron chi connectivity index (χ0n) is 11.1. The Morgan fingerprint density at radius 3 is 2.58 bits per heavy atom. The van der Waals surface area contributed by atoms with E-state index in [1.807, 2.05) is 0 Å². The number of nitrogens with one attached hydrogen (secondary N) is 1. The van der Waals surface area contributed by atoms with Gasteiger partial charge < -0.3 is 5.32 Å². The van der Waals surface area contributed by atoms with Crippen LogP contribution in [0.5, 0.6) is 0 Å². The van der Waals surface area contributed by atoms with Crippen LogP contribution < -0.4 is 5.32 Å². The molecule has 0 aliphatic heterocycles. The van der Waals surface area contributed by atoms with Crippen molar-refractivity contribution in [1.82, 2.24) is 5.32 Å². The number of rotatable bonds is 5. The Morgan fingerprint density at radius 1 is 1.21 bits per heavy atom. The monoisotopic (exact) mass is 291 g/mol. The molecule has 0 radical (unpaired) electrons. The van der Waals surface area contributed by atoms with Gasteiger partial charge in [0, 0.05) is 9.77 Å². The molecule has 0 saturated heterocycles. The van der Waals surface area contributed by atoms with Crippen molar-refractivity contribution < 1.29 is 4.79 Å². The Hall–Kier alpha value is -1.26. The number of aryl methyl sites for hydroxylation is 2. The number of carbonyl (C=O) groups is 1. The molecule has 1 N–H and O–H groups in total. The number of hydrogen-bond donors (Lipinski definition) is 1. The number of thioether (sulfide) groups is 1. The van der Waals surface area contributed by atoms with Gasteiger partial charge in [0.1, 0.15) is 0 Å². The second kappa shape index (κ2) is 6.78. The average Bonchev–Trinajstić information content (AvgIpc) is 2.81. The Morgan fingerprint density at radius 2 is 1.95 bits per heavy atom. The van der Waals surface area contributed by atoms with Gasteiger partial charge in [-0.25, -0.2) is 0 Å². The van der Waals surface area contributed by atoms with Crippen LogP contribution in [0.2, 0.25) is 0 Å². The Balaban J connectivity index is 1.76. The molecular formula is C15H17NOS2. The molecule has 1 heterocycles. The lowest BCUT2D eigenvalue weighted by atomic mass is 10.2. The van der Waals surface area contributed by atoms with E-state index in [9.17, 15) is 4.79 Å². The second-order valence-electron chi connectivity index (χ2n) is 4.41. The molecule has 0 aliphatic rings. The first kappa shape index (κ1) is 14.2. The largest absolute Gasteiger partial charge is 0.350 e. The number of carbonyl (C=O) groups excluding carboxylic acids is 1.